The molecule has 2 aliphatic rings. The number of benzene rings is 1. The number of hydrogen-bond acceptors (Lipinski definition) is 6. The molecule has 6 nitrogen and oxygen atoms in total. The van der Waals surface area contributed by atoms with Gasteiger partial charge in [0.25, 0.3) is 0 Å². The van der Waals surface area contributed by atoms with Gasteiger partial charge >= 0.3 is 12.1 Å². The predicted molar refractivity (Wildman–Crippen MR) is 95.3 cm³/mol. The number of halogens is 3. The lowest BCUT2D eigenvalue weighted by Gasteiger charge is -2.28. The number of alkyl halides is 3. The van der Waals surface area contributed by atoms with E-state index in [1.165, 1.54) is 0 Å². The van der Waals surface area contributed by atoms with Gasteiger partial charge in [-0.3, -0.25) is 0 Å². The number of carbonyl (C=O) groups is 1. The molecular formula is C19H19F3N4O2. The van der Waals surface area contributed by atoms with Gasteiger partial charge in [0.05, 0.1) is 5.69 Å². The molecule has 3 heterocycles. The summed E-state index contributed by atoms with van der Waals surface area (Å²) in [4.78, 5) is 13.0. The Morgan fingerprint density at radius 2 is 2.04 bits per heavy atom. The zero-order valence-electron chi connectivity index (χ0n) is 15.1. The molecule has 0 aliphatic carbocycles. The smallest absolute Gasteiger partial charge is 0.434 e. The molecule has 4 rings (SSSR count). The minimum Gasteiger partial charge on any atom is -0.434 e. The maximum atomic E-state index is 12.7. The van der Waals surface area contributed by atoms with Gasteiger partial charge in [-0.1, -0.05) is 23.8 Å². The zero-order valence-corrected chi connectivity index (χ0v) is 15.1. The van der Waals surface area contributed by atoms with Crippen molar-refractivity contribution in [3.8, 4) is 11.3 Å². The van der Waals surface area contributed by atoms with E-state index in [4.69, 9.17) is 4.74 Å². The van der Waals surface area contributed by atoms with E-state index in [1.807, 2.05) is 31.2 Å². The van der Waals surface area contributed by atoms with Crippen LogP contribution < -0.4 is 10.2 Å². The van der Waals surface area contributed by atoms with Crippen molar-refractivity contribution in [2.75, 3.05) is 24.5 Å². The Bertz CT molecular complexity index is 872. The number of rotatable bonds is 3. The molecule has 1 aromatic carbocycles. The number of carbonyl (C=O) groups excluding carboxylic acids is 1. The topological polar surface area (TPSA) is 67.3 Å². The Labute approximate surface area is 159 Å². The van der Waals surface area contributed by atoms with E-state index >= 15 is 0 Å². The van der Waals surface area contributed by atoms with Gasteiger partial charge in [-0.15, -0.1) is 10.2 Å². The summed E-state index contributed by atoms with van der Waals surface area (Å²) in [6, 6.07) is 11.3. The van der Waals surface area contributed by atoms with Crippen molar-refractivity contribution in [2.45, 2.75) is 19.3 Å². The number of fused-ring (bicyclic) bond motifs is 1. The summed E-state index contributed by atoms with van der Waals surface area (Å²) in [5, 5.41) is 11.6. The lowest BCUT2D eigenvalue weighted by molar-refractivity contribution is -0.206. The van der Waals surface area contributed by atoms with Crippen LogP contribution in [-0.2, 0) is 9.53 Å². The van der Waals surface area contributed by atoms with E-state index in [9.17, 15) is 18.0 Å². The van der Waals surface area contributed by atoms with Crippen molar-refractivity contribution >= 4 is 11.8 Å². The molecule has 0 amide bonds. The molecule has 9 heteroatoms. The fourth-order valence-corrected chi connectivity index (χ4v) is 3.86. The Morgan fingerprint density at radius 3 is 2.71 bits per heavy atom. The van der Waals surface area contributed by atoms with Gasteiger partial charge in [-0.2, -0.15) is 13.2 Å². The number of nitrogens with one attached hydrogen (secondary N) is 1. The number of esters is 1. The van der Waals surface area contributed by atoms with E-state index in [-0.39, 0.29) is 11.8 Å². The maximum Gasteiger partial charge on any atom is 0.491 e. The molecule has 3 atom stereocenters. The van der Waals surface area contributed by atoms with Crippen molar-refractivity contribution in [1.82, 2.24) is 15.5 Å². The van der Waals surface area contributed by atoms with Crippen molar-refractivity contribution in [2.24, 2.45) is 11.8 Å². The number of ether oxygens (including phenoxy) is 1. The summed E-state index contributed by atoms with van der Waals surface area (Å²) >= 11 is 0. The highest BCUT2D eigenvalue weighted by atomic mass is 19.4. The molecule has 3 unspecified atom stereocenters. The average Bonchev–Trinajstić information content (AvgIpc) is 3.24. The van der Waals surface area contributed by atoms with Crippen LogP contribution in [0.1, 0.15) is 5.56 Å². The lowest BCUT2D eigenvalue weighted by Crippen LogP contribution is -2.42. The average molecular weight is 392 g/mol. The summed E-state index contributed by atoms with van der Waals surface area (Å²) in [6.07, 6.45) is -6.05. The van der Waals surface area contributed by atoms with E-state index < -0.39 is 18.4 Å². The van der Waals surface area contributed by atoms with Crippen LogP contribution in [0, 0.1) is 18.8 Å². The Kier molecular flexibility index (Phi) is 4.70. The first-order valence-corrected chi connectivity index (χ1v) is 8.99. The van der Waals surface area contributed by atoms with Gasteiger partial charge in [-0.05, 0) is 31.0 Å². The molecule has 0 spiro atoms. The van der Waals surface area contributed by atoms with Gasteiger partial charge in [0.2, 0.25) is 0 Å². The fraction of sp³-hybridized carbons (Fsp3) is 0.421. The minimum absolute atomic E-state index is 0.0873. The Hall–Kier alpha value is -2.68. The molecule has 28 heavy (non-hydrogen) atoms. The summed E-state index contributed by atoms with van der Waals surface area (Å²) < 4.78 is 43.0. The number of anilines is 1. The fourth-order valence-electron chi connectivity index (χ4n) is 3.86. The second kappa shape index (κ2) is 7.05. The van der Waals surface area contributed by atoms with Crippen LogP contribution in [0.4, 0.5) is 19.0 Å². The number of nitrogens with zero attached hydrogens (tertiary/aromatic N) is 3. The van der Waals surface area contributed by atoms with Gasteiger partial charge in [-0.25, -0.2) is 4.79 Å². The van der Waals surface area contributed by atoms with Gasteiger partial charge < -0.3 is 15.0 Å². The molecular weight excluding hydrogens is 373 g/mol. The minimum atomic E-state index is -5.03. The standard InChI is InChI=1S/C19H19F3N4O2/c1-11-3-2-4-12(7-11)15-5-6-16(25-24-15)26-10-13-8-23-9-14(13)17(26)28-18(27)19(20,21)22/h2-7,13-14,17,23H,8-10H2,1H3. The first-order valence-electron chi connectivity index (χ1n) is 8.99. The lowest BCUT2D eigenvalue weighted by atomic mass is 9.99. The van der Waals surface area contributed by atoms with Gasteiger partial charge in [0.1, 0.15) is 0 Å². The van der Waals surface area contributed by atoms with E-state index in [0.29, 0.717) is 31.1 Å². The molecule has 0 bridgehead atoms. The highest BCUT2D eigenvalue weighted by molar-refractivity contribution is 5.76. The largest absolute Gasteiger partial charge is 0.491 e. The molecule has 2 aromatic rings. The van der Waals surface area contributed by atoms with Crippen LogP contribution in [0.25, 0.3) is 11.3 Å². The Balaban J connectivity index is 1.58. The summed E-state index contributed by atoms with van der Waals surface area (Å²) in [5.41, 5.74) is 2.65. The summed E-state index contributed by atoms with van der Waals surface area (Å²) in [7, 11) is 0. The third-order valence-electron chi connectivity index (χ3n) is 5.21. The molecule has 2 saturated heterocycles. The van der Waals surface area contributed by atoms with Crippen LogP contribution in [0.3, 0.4) is 0 Å². The third-order valence-corrected chi connectivity index (χ3v) is 5.21. The first kappa shape index (κ1) is 18.7. The van der Waals surface area contributed by atoms with Crippen LogP contribution >= 0.6 is 0 Å². The molecule has 2 fully saturated rings. The summed E-state index contributed by atoms with van der Waals surface area (Å²) in [6.45, 7) is 3.58. The number of aromatic nitrogens is 2. The maximum absolute atomic E-state index is 12.7. The van der Waals surface area contributed by atoms with Crippen LogP contribution in [-0.4, -0.2) is 48.2 Å². The van der Waals surface area contributed by atoms with Crippen LogP contribution in [0.5, 0.6) is 0 Å². The number of hydrogen-bond donors (Lipinski definition) is 1. The van der Waals surface area contributed by atoms with Gasteiger partial charge in [0.15, 0.2) is 12.0 Å². The van der Waals surface area contributed by atoms with E-state index in [0.717, 1.165) is 11.1 Å². The van der Waals surface area contributed by atoms with E-state index in [2.05, 4.69) is 15.5 Å². The molecule has 148 valence electrons. The molecule has 2 aliphatic heterocycles. The molecule has 0 radical (unpaired) electrons. The predicted octanol–water partition coefficient (Wildman–Crippen LogP) is 2.54. The zero-order chi connectivity index (χ0) is 19.9. The second-order valence-corrected chi connectivity index (χ2v) is 7.17. The molecule has 1 N–H and O–H groups in total. The summed E-state index contributed by atoms with van der Waals surface area (Å²) in [5.74, 6) is -1.92. The SMILES string of the molecule is Cc1cccc(-c2ccc(N3CC4CNCC4C3OC(=O)C(F)(F)F)nn2)c1. The van der Waals surface area contributed by atoms with Crippen LogP contribution in [0.15, 0.2) is 36.4 Å². The first-order chi connectivity index (χ1) is 13.3. The van der Waals surface area contributed by atoms with Crippen molar-refractivity contribution < 1.29 is 22.7 Å². The highest BCUT2D eigenvalue weighted by Crippen LogP contribution is 2.37. The van der Waals surface area contributed by atoms with Gasteiger partial charge in [0, 0.05) is 31.1 Å². The molecule has 1 aromatic heterocycles. The monoisotopic (exact) mass is 392 g/mol. The highest BCUT2D eigenvalue weighted by Gasteiger charge is 2.51. The van der Waals surface area contributed by atoms with Crippen molar-refractivity contribution in [1.29, 1.82) is 0 Å². The normalized spacial score (nSPS) is 24.3. The van der Waals surface area contributed by atoms with Crippen LogP contribution in [0.2, 0.25) is 0 Å². The third kappa shape index (κ3) is 3.54. The number of aryl methyl sites for hydroxylation is 1. The van der Waals surface area contributed by atoms with Crippen molar-refractivity contribution in [3.05, 3.63) is 42.0 Å². The van der Waals surface area contributed by atoms with E-state index in [1.54, 1.807) is 17.0 Å². The van der Waals surface area contributed by atoms with Crippen molar-refractivity contribution in [3.63, 3.8) is 0 Å². The Morgan fingerprint density at radius 1 is 1.21 bits per heavy atom. The quantitative estimate of drug-likeness (QED) is 0.810. The molecule has 0 saturated carbocycles. The second-order valence-electron chi connectivity index (χ2n) is 7.17.